The van der Waals surface area contributed by atoms with Crippen molar-refractivity contribution >= 4 is 23.6 Å². The third kappa shape index (κ3) is 4.89. The van der Waals surface area contributed by atoms with Crippen molar-refractivity contribution in [2.24, 2.45) is 0 Å². The van der Waals surface area contributed by atoms with Gasteiger partial charge >= 0.3 is 0 Å². The lowest BCUT2D eigenvalue weighted by Crippen LogP contribution is -2.33. The molecule has 5 nitrogen and oxygen atoms in total. The first-order chi connectivity index (χ1) is 16.9. The minimum Gasteiger partial charge on any atom is -0.491 e. The van der Waals surface area contributed by atoms with Crippen molar-refractivity contribution in [2.45, 2.75) is 24.8 Å². The number of hydrogen-bond donors (Lipinski definition) is 1. The van der Waals surface area contributed by atoms with Crippen LogP contribution in [-0.4, -0.2) is 43.2 Å². The summed E-state index contributed by atoms with van der Waals surface area (Å²) in [5, 5.41) is 2.48. The maximum Gasteiger partial charge on any atom is 0.254 e. The maximum absolute atomic E-state index is 14.9. The van der Waals surface area contributed by atoms with E-state index in [1.807, 2.05) is 6.92 Å². The van der Waals surface area contributed by atoms with Crippen LogP contribution in [0, 0.1) is 11.6 Å². The van der Waals surface area contributed by atoms with Crippen molar-refractivity contribution in [3.63, 3.8) is 0 Å². The van der Waals surface area contributed by atoms with Gasteiger partial charge in [-0.15, -0.1) is 11.8 Å². The number of rotatable bonds is 5. The lowest BCUT2D eigenvalue weighted by atomic mass is 9.99. The summed E-state index contributed by atoms with van der Waals surface area (Å²) in [6.07, 6.45) is 2.20. The number of nitrogens with zero attached hydrogens (tertiary/aromatic N) is 1. The number of nitrogens with one attached hydrogen (secondary N) is 1. The second-order valence-electron chi connectivity index (χ2n) is 8.13. The molecule has 8 heteroatoms. The van der Waals surface area contributed by atoms with Crippen LogP contribution in [-0.2, 0) is 13.0 Å². The first-order valence-electron chi connectivity index (χ1n) is 11.3. The second kappa shape index (κ2) is 10.5. The van der Waals surface area contributed by atoms with Crippen LogP contribution in [0.5, 0.6) is 5.75 Å². The number of thioether (sulfide) groups is 1. The molecule has 35 heavy (non-hydrogen) atoms. The first kappa shape index (κ1) is 24.7. The van der Waals surface area contributed by atoms with Gasteiger partial charge in [0.1, 0.15) is 24.0 Å². The minimum absolute atomic E-state index is 0.232. The summed E-state index contributed by atoms with van der Waals surface area (Å²) in [4.78, 5) is 27.4. The van der Waals surface area contributed by atoms with Crippen molar-refractivity contribution in [1.29, 1.82) is 0 Å². The molecular weight excluding hydrogens is 470 g/mol. The Morgan fingerprint density at radius 1 is 1.11 bits per heavy atom. The molecule has 1 heterocycles. The highest BCUT2D eigenvalue weighted by Gasteiger charge is 2.25. The van der Waals surface area contributed by atoms with Gasteiger partial charge in [-0.3, -0.25) is 9.59 Å². The molecule has 0 radical (unpaired) electrons. The van der Waals surface area contributed by atoms with E-state index < -0.39 is 5.82 Å². The molecule has 0 atom stereocenters. The van der Waals surface area contributed by atoms with Crippen LogP contribution < -0.4 is 10.1 Å². The molecule has 1 aliphatic heterocycles. The predicted octanol–water partition coefficient (Wildman–Crippen LogP) is 5.31. The van der Waals surface area contributed by atoms with Gasteiger partial charge in [-0.1, -0.05) is 19.1 Å². The summed E-state index contributed by atoms with van der Waals surface area (Å²) >= 11 is 1.31. The molecule has 0 saturated carbocycles. The van der Waals surface area contributed by atoms with Gasteiger partial charge in [-0.05, 0) is 54.6 Å². The number of carbonyl (C=O) groups is 2. The van der Waals surface area contributed by atoms with Crippen LogP contribution in [0.1, 0.15) is 38.8 Å². The summed E-state index contributed by atoms with van der Waals surface area (Å²) < 4.78 is 35.6. The van der Waals surface area contributed by atoms with Crippen molar-refractivity contribution < 1.29 is 23.1 Å². The Morgan fingerprint density at radius 2 is 1.91 bits per heavy atom. The number of hydrogen-bond acceptors (Lipinski definition) is 4. The number of fused-ring (bicyclic) bond motifs is 1. The summed E-state index contributed by atoms with van der Waals surface area (Å²) in [5.74, 6) is -0.892. The molecule has 0 aliphatic carbocycles. The predicted molar refractivity (Wildman–Crippen MR) is 133 cm³/mol. The Bertz CT molecular complexity index is 1300. The molecule has 1 N–H and O–H groups in total. The van der Waals surface area contributed by atoms with E-state index in [-0.39, 0.29) is 29.7 Å². The SMILES string of the molecule is CCc1c(C(=O)N2CCOc3ccc(-c4ccc(C(=O)NC)cc4F)cc3C2)ccc(SC)c1F. The van der Waals surface area contributed by atoms with Crippen LogP contribution in [0.4, 0.5) is 8.78 Å². The third-order valence-electron chi connectivity index (χ3n) is 6.11. The van der Waals surface area contributed by atoms with Crippen molar-refractivity contribution in [3.05, 3.63) is 82.4 Å². The standard InChI is InChI=1S/C27H26F2N2O3S/c1-4-19-21(8-10-24(35-3)25(19)29)27(33)31-11-12-34-23-9-6-16(13-18(23)15-31)20-7-5-17(14-22(20)28)26(32)30-2/h5-10,13-14H,4,11-12,15H2,1-3H3,(H,30,32). The van der Waals surface area contributed by atoms with Gasteiger partial charge in [0.15, 0.2) is 0 Å². The summed E-state index contributed by atoms with van der Waals surface area (Å²) in [7, 11) is 1.49. The van der Waals surface area contributed by atoms with Gasteiger partial charge in [0.2, 0.25) is 0 Å². The number of benzene rings is 3. The van der Waals surface area contributed by atoms with Crippen molar-refractivity contribution in [3.8, 4) is 16.9 Å². The average molecular weight is 497 g/mol. The molecule has 0 fully saturated rings. The highest BCUT2D eigenvalue weighted by atomic mass is 32.2. The van der Waals surface area contributed by atoms with Crippen LogP contribution >= 0.6 is 11.8 Å². The van der Waals surface area contributed by atoms with E-state index in [4.69, 9.17) is 4.74 Å². The Morgan fingerprint density at radius 3 is 2.60 bits per heavy atom. The van der Waals surface area contributed by atoms with E-state index in [1.165, 1.54) is 24.9 Å². The molecule has 3 aromatic rings. The monoisotopic (exact) mass is 496 g/mol. The molecule has 0 unspecified atom stereocenters. The molecule has 1 aliphatic rings. The molecule has 0 saturated heterocycles. The van der Waals surface area contributed by atoms with Crippen LogP contribution in [0.3, 0.4) is 0 Å². The van der Waals surface area contributed by atoms with E-state index in [1.54, 1.807) is 53.6 Å². The zero-order chi connectivity index (χ0) is 25.1. The smallest absolute Gasteiger partial charge is 0.254 e. The molecule has 0 spiro atoms. The molecule has 182 valence electrons. The fourth-order valence-electron chi connectivity index (χ4n) is 4.24. The van der Waals surface area contributed by atoms with Gasteiger partial charge in [-0.25, -0.2) is 8.78 Å². The van der Waals surface area contributed by atoms with E-state index in [2.05, 4.69) is 5.32 Å². The zero-order valence-electron chi connectivity index (χ0n) is 19.8. The van der Waals surface area contributed by atoms with Crippen molar-refractivity contribution in [1.82, 2.24) is 10.2 Å². The lowest BCUT2D eigenvalue weighted by molar-refractivity contribution is 0.0731. The topological polar surface area (TPSA) is 58.6 Å². The Kier molecular flexibility index (Phi) is 7.40. The minimum atomic E-state index is -0.523. The largest absolute Gasteiger partial charge is 0.491 e. The number of halogens is 2. The number of amides is 2. The average Bonchev–Trinajstić information content (AvgIpc) is 3.09. The van der Waals surface area contributed by atoms with E-state index >= 15 is 0 Å². The van der Waals surface area contributed by atoms with Crippen LogP contribution in [0.25, 0.3) is 11.1 Å². The van der Waals surface area contributed by atoms with Gasteiger partial charge in [0, 0.05) is 46.3 Å². The van der Waals surface area contributed by atoms with Crippen LogP contribution in [0.2, 0.25) is 0 Å². The molecule has 3 aromatic carbocycles. The fourth-order valence-corrected chi connectivity index (χ4v) is 4.75. The zero-order valence-corrected chi connectivity index (χ0v) is 20.6. The van der Waals surface area contributed by atoms with E-state index in [0.29, 0.717) is 52.5 Å². The van der Waals surface area contributed by atoms with Gasteiger partial charge < -0.3 is 15.0 Å². The summed E-state index contributed by atoms with van der Waals surface area (Å²) in [6.45, 7) is 2.71. The van der Waals surface area contributed by atoms with E-state index in [9.17, 15) is 18.4 Å². The van der Waals surface area contributed by atoms with E-state index in [0.717, 1.165) is 5.56 Å². The van der Waals surface area contributed by atoms with Gasteiger partial charge in [0.25, 0.3) is 11.8 Å². The first-order valence-corrected chi connectivity index (χ1v) is 12.5. The Balaban J connectivity index is 1.66. The molecule has 0 aromatic heterocycles. The molecular formula is C27H26F2N2O3S. The van der Waals surface area contributed by atoms with Gasteiger partial charge in [-0.2, -0.15) is 0 Å². The second-order valence-corrected chi connectivity index (χ2v) is 8.98. The normalized spacial score (nSPS) is 13.0. The maximum atomic E-state index is 14.9. The lowest BCUT2D eigenvalue weighted by Gasteiger charge is -2.22. The quantitative estimate of drug-likeness (QED) is 0.487. The third-order valence-corrected chi connectivity index (χ3v) is 6.86. The number of ether oxygens (including phenoxy) is 1. The Labute approximate surface area is 207 Å². The van der Waals surface area contributed by atoms with Crippen molar-refractivity contribution in [2.75, 3.05) is 26.5 Å². The summed E-state index contributed by atoms with van der Waals surface area (Å²) in [6, 6.07) is 12.9. The molecule has 2 amide bonds. The molecule has 0 bridgehead atoms. The van der Waals surface area contributed by atoms with Gasteiger partial charge in [0.05, 0.1) is 6.54 Å². The fraction of sp³-hybridized carbons (Fsp3) is 0.259. The Hall–Kier alpha value is -3.39. The summed E-state index contributed by atoms with van der Waals surface area (Å²) in [5.41, 5.74) is 2.65. The highest BCUT2D eigenvalue weighted by Crippen LogP contribution is 2.32. The molecule has 4 rings (SSSR count). The highest BCUT2D eigenvalue weighted by molar-refractivity contribution is 7.98. The number of carbonyl (C=O) groups excluding carboxylic acids is 2. The van der Waals surface area contributed by atoms with Crippen LogP contribution in [0.15, 0.2) is 53.4 Å².